The second kappa shape index (κ2) is 6.33. The van der Waals surface area contributed by atoms with Crippen molar-refractivity contribution >= 4 is 17.5 Å². The Kier molecular flexibility index (Phi) is 5.05. The van der Waals surface area contributed by atoms with Crippen LogP contribution >= 0.6 is 0 Å². The third kappa shape index (κ3) is 3.54. The summed E-state index contributed by atoms with van der Waals surface area (Å²) >= 11 is 0. The number of hydrazine groups is 1. The molecule has 0 aliphatic rings. The Morgan fingerprint density at radius 2 is 2.05 bits per heavy atom. The van der Waals surface area contributed by atoms with E-state index in [1.54, 1.807) is 14.0 Å². The van der Waals surface area contributed by atoms with E-state index in [0.29, 0.717) is 18.2 Å². The van der Waals surface area contributed by atoms with Crippen molar-refractivity contribution in [2.75, 3.05) is 31.0 Å². The van der Waals surface area contributed by atoms with E-state index in [-0.39, 0.29) is 11.8 Å². The summed E-state index contributed by atoms with van der Waals surface area (Å²) in [4.78, 5) is 22.1. The highest BCUT2D eigenvalue weighted by Crippen LogP contribution is 2.22. The summed E-state index contributed by atoms with van der Waals surface area (Å²) in [6.45, 7) is 6.15. The molecule has 0 aliphatic carbocycles. The second-order valence-corrected chi connectivity index (χ2v) is 4.61. The summed E-state index contributed by atoms with van der Waals surface area (Å²) in [5.41, 5.74) is 3.42. The van der Waals surface area contributed by atoms with Gasteiger partial charge in [-0.2, -0.15) is 0 Å². The molecule has 1 unspecified atom stereocenters. The number of rotatable bonds is 5. The molecule has 7 heteroatoms. The number of nitrogens with two attached hydrogens (primary N) is 1. The molecule has 7 nitrogen and oxygen atoms in total. The lowest BCUT2D eigenvalue weighted by Crippen LogP contribution is -2.35. The number of hydrogen-bond acceptors (Lipinski definition) is 6. The maximum absolute atomic E-state index is 11.6. The second-order valence-electron chi connectivity index (χ2n) is 4.61. The van der Waals surface area contributed by atoms with Crippen LogP contribution in [-0.4, -0.2) is 36.5 Å². The first-order valence-electron chi connectivity index (χ1n) is 6.15. The van der Waals surface area contributed by atoms with Crippen LogP contribution in [-0.2, 0) is 4.79 Å². The topological polar surface area (TPSA) is 96.2 Å². The summed E-state index contributed by atoms with van der Waals surface area (Å²) < 4.78 is 0. The van der Waals surface area contributed by atoms with Crippen molar-refractivity contribution in [3.05, 3.63) is 11.4 Å². The Hall–Kier alpha value is -1.89. The molecular formula is C12H22N6O. The van der Waals surface area contributed by atoms with Gasteiger partial charge in [-0.1, -0.05) is 6.92 Å². The quantitative estimate of drug-likeness (QED) is 0.520. The maximum atomic E-state index is 11.6. The van der Waals surface area contributed by atoms with Crippen molar-refractivity contribution in [1.82, 2.24) is 15.3 Å². The number of nitrogen functional groups attached to an aromatic ring is 1. The van der Waals surface area contributed by atoms with Crippen LogP contribution in [0.5, 0.6) is 0 Å². The van der Waals surface area contributed by atoms with Crippen LogP contribution in [0.1, 0.15) is 18.3 Å². The van der Waals surface area contributed by atoms with E-state index >= 15 is 0 Å². The molecule has 0 saturated carbocycles. The van der Waals surface area contributed by atoms with Crippen LogP contribution in [0.15, 0.2) is 0 Å². The zero-order valence-corrected chi connectivity index (χ0v) is 12.1. The van der Waals surface area contributed by atoms with Crippen molar-refractivity contribution in [3.63, 3.8) is 0 Å². The first-order valence-corrected chi connectivity index (χ1v) is 6.15. The van der Waals surface area contributed by atoms with Gasteiger partial charge in [-0.25, -0.2) is 15.8 Å². The molecule has 19 heavy (non-hydrogen) atoms. The summed E-state index contributed by atoms with van der Waals surface area (Å²) in [7, 11) is 3.53. The Morgan fingerprint density at radius 3 is 2.58 bits per heavy atom. The largest absolute Gasteiger partial charge is 0.359 e. The minimum atomic E-state index is -0.126. The number of nitrogens with one attached hydrogen (secondary N) is 2. The molecule has 0 fully saturated rings. The van der Waals surface area contributed by atoms with Crippen molar-refractivity contribution in [2.45, 2.75) is 20.8 Å². The minimum absolute atomic E-state index is 0.00690. The molecule has 1 atom stereocenters. The number of carbonyl (C=O) groups excluding carboxylic acids is 1. The number of aryl methyl sites for hydroxylation is 1. The van der Waals surface area contributed by atoms with E-state index in [9.17, 15) is 4.79 Å². The van der Waals surface area contributed by atoms with Gasteiger partial charge in [0.05, 0.1) is 5.92 Å². The van der Waals surface area contributed by atoms with Gasteiger partial charge in [-0.15, -0.1) is 0 Å². The Labute approximate surface area is 113 Å². The van der Waals surface area contributed by atoms with Crippen LogP contribution < -0.4 is 21.5 Å². The highest BCUT2D eigenvalue weighted by atomic mass is 16.1. The van der Waals surface area contributed by atoms with Crippen molar-refractivity contribution in [2.24, 2.45) is 11.8 Å². The highest BCUT2D eigenvalue weighted by Gasteiger charge is 2.17. The van der Waals surface area contributed by atoms with Crippen LogP contribution in [0.3, 0.4) is 0 Å². The van der Waals surface area contributed by atoms with Gasteiger partial charge in [0, 0.05) is 26.2 Å². The van der Waals surface area contributed by atoms with Gasteiger partial charge in [0.15, 0.2) is 0 Å². The predicted molar refractivity (Wildman–Crippen MR) is 75.8 cm³/mol. The fraction of sp³-hybridized carbons (Fsp3) is 0.583. The predicted octanol–water partition coefficient (Wildman–Crippen LogP) is 0.197. The van der Waals surface area contributed by atoms with Gasteiger partial charge >= 0.3 is 0 Å². The van der Waals surface area contributed by atoms with E-state index in [1.165, 1.54) is 0 Å². The zero-order chi connectivity index (χ0) is 14.6. The number of amides is 1. The normalized spacial score (nSPS) is 11.9. The lowest BCUT2D eigenvalue weighted by molar-refractivity contribution is -0.123. The van der Waals surface area contributed by atoms with Crippen LogP contribution in [0, 0.1) is 19.8 Å². The van der Waals surface area contributed by atoms with E-state index < -0.39 is 0 Å². The van der Waals surface area contributed by atoms with Crippen LogP contribution in [0.2, 0.25) is 0 Å². The fourth-order valence-corrected chi connectivity index (χ4v) is 1.95. The number of anilines is 2. The van der Waals surface area contributed by atoms with Gasteiger partial charge in [-0.05, 0) is 13.8 Å². The molecule has 106 valence electrons. The van der Waals surface area contributed by atoms with Gasteiger partial charge in [0.25, 0.3) is 0 Å². The molecule has 1 amide bonds. The van der Waals surface area contributed by atoms with E-state index in [0.717, 1.165) is 11.4 Å². The maximum Gasteiger partial charge on any atom is 0.224 e. The molecule has 0 aliphatic heterocycles. The molecule has 0 radical (unpaired) electrons. The summed E-state index contributed by atoms with van der Waals surface area (Å²) in [5, 5.41) is 2.64. The molecule has 1 aromatic heterocycles. The highest BCUT2D eigenvalue weighted by molar-refractivity contribution is 5.78. The fourth-order valence-electron chi connectivity index (χ4n) is 1.95. The third-order valence-corrected chi connectivity index (χ3v) is 2.97. The molecule has 4 N–H and O–H groups in total. The lowest BCUT2D eigenvalue weighted by Gasteiger charge is -2.24. The Balaban J connectivity index is 2.96. The molecule has 0 saturated heterocycles. The summed E-state index contributed by atoms with van der Waals surface area (Å²) in [5.74, 6) is 7.32. The van der Waals surface area contributed by atoms with E-state index in [2.05, 4.69) is 20.7 Å². The summed E-state index contributed by atoms with van der Waals surface area (Å²) in [6, 6.07) is 0. The Bertz CT molecular complexity index is 462. The van der Waals surface area contributed by atoms with Crippen LogP contribution in [0.4, 0.5) is 11.6 Å². The van der Waals surface area contributed by atoms with Crippen molar-refractivity contribution < 1.29 is 4.79 Å². The number of hydrogen-bond donors (Lipinski definition) is 3. The molecular weight excluding hydrogens is 244 g/mol. The molecule has 0 aromatic carbocycles. The Morgan fingerprint density at radius 1 is 1.42 bits per heavy atom. The SMILES string of the molecule is CNC(=O)C(C)CN(C)c1nc(C)nc(NN)c1C. The average molecular weight is 266 g/mol. The standard InChI is InChI=1S/C12H22N6O/c1-7(12(19)14-4)6-18(5)11-8(2)10(17-13)15-9(3)16-11/h7H,6,13H2,1-5H3,(H,14,19)(H,15,16,17). The van der Waals surface area contributed by atoms with Crippen LogP contribution in [0.25, 0.3) is 0 Å². The molecule has 1 rings (SSSR count). The van der Waals surface area contributed by atoms with Gasteiger partial charge in [0.1, 0.15) is 17.5 Å². The zero-order valence-electron chi connectivity index (χ0n) is 12.1. The third-order valence-electron chi connectivity index (χ3n) is 2.97. The van der Waals surface area contributed by atoms with Gasteiger partial charge < -0.3 is 15.6 Å². The first-order chi connectivity index (χ1) is 8.90. The number of carbonyl (C=O) groups is 1. The van der Waals surface area contributed by atoms with Gasteiger partial charge in [0.2, 0.25) is 5.91 Å². The molecule has 0 bridgehead atoms. The number of nitrogens with zero attached hydrogens (tertiary/aromatic N) is 3. The molecule has 0 spiro atoms. The van der Waals surface area contributed by atoms with Crippen molar-refractivity contribution in [1.29, 1.82) is 0 Å². The van der Waals surface area contributed by atoms with E-state index in [4.69, 9.17) is 5.84 Å². The van der Waals surface area contributed by atoms with Gasteiger partial charge in [-0.3, -0.25) is 4.79 Å². The van der Waals surface area contributed by atoms with Crippen molar-refractivity contribution in [3.8, 4) is 0 Å². The number of aromatic nitrogens is 2. The van der Waals surface area contributed by atoms with E-state index in [1.807, 2.05) is 25.8 Å². The lowest BCUT2D eigenvalue weighted by atomic mass is 10.1. The molecule has 1 heterocycles. The monoisotopic (exact) mass is 266 g/mol. The molecule has 1 aromatic rings. The minimum Gasteiger partial charge on any atom is -0.359 e. The average Bonchev–Trinajstić information content (AvgIpc) is 2.39. The summed E-state index contributed by atoms with van der Waals surface area (Å²) in [6.07, 6.45) is 0. The smallest absolute Gasteiger partial charge is 0.224 e. The first kappa shape index (κ1) is 15.2.